The lowest BCUT2D eigenvalue weighted by molar-refractivity contribution is -0.161. The molecular formula is C86H168O17P2. The zero-order chi connectivity index (χ0) is 76.9. The lowest BCUT2D eigenvalue weighted by Crippen LogP contribution is -2.30. The van der Waals surface area contributed by atoms with E-state index in [-0.39, 0.29) is 25.7 Å². The number of ether oxygens (including phenoxy) is 4. The van der Waals surface area contributed by atoms with E-state index >= 15 is 0 Å². The van der Waals surface area contributed by atoms with Gasteiger partial charge < -0.3 is 33.8 Å². The van der Waals surface area contributed by atoms with E-state index in [0.717, 1.165) is 95.8 Å². The van der Waals surface area contributed by atoms with Crippen LogP contribution in [0.15, 0.2) is 0 Å². The predicted octanol–water partition coefficient (Wildman–Crippen LogP) is 26.4. The molecule has 0 aromatic carbocycles. The fraction of sp³-hybridized carbons (Fsp3) is 0.953. The molecular weight excluding hydrogens is 1370 g/mol. The van der Waals surface area contributed by atoms with E-state index < -0.39 is 97.5 Å². The summed E-state index contributed by atoms with van der Waals surface area (Å²) in [6.45, 7) is 7.42. The molecule has 3 unspecified atom stereocenters. The predicted molar refractivity (Wildman–Crippen MR) is 432 cm³/mol. The molecule has 17 nitrogen and oxygen atoms in total. The van der Waals surface area contributed by atoms with Gasteiger partial charge in [0.15, 0.2) is 12.2 Å². The Bertz CT molecular complexity index is 2000. The third-order valence-electron chi connectivity index (χ3n) is 20.6. The van der Waals surface area contributed by atoms with E-state index in [1.807, 2.05) is 0 Å². The Morgan fingerprint density at radius 2 is 0.457 bits per heavy atom. The summed E-state index contributed by atoms with van der Waals surface area (Å²) in [5.41, 5.74) is 0. The van der Waals surface area contributed by atoms with Crippen molar-refractivity contribution in [2.45, 2.75) is 483 Å². The minimum absolute atomic E-state index is 0.109. The van der Waals surface area contributed by atoms with Gasteiger partial charge in [-0.1, -0.05) is 413 Å². The van der Waals surface area contributed by atoms with E-state index in [1.54, 1.807) is 0 Å². The summed E-state index contributed by atoms with van der Waals surface area (Å²) in [6.07, 6.45) is 72.0. The fourth-order valence-electron chi connectivity index (χ4n) is 13.4. The zero-order valence-electron chi connectivity index (χ0n) is 68.9. The zero-order valence-corrected chi connectivity index (χ0v) is 70.7. The molecule has 19 heteroatoms. The van der Waals surface area contributed by atoms with Gasteiger partial charge in [-0.15, -0.1) is 0 Å². The maximum atomic E-state index is 13.1. The number of esters is 4. The Labute approximate surface area is 645 Å². The average molecular weight is 1540 g/mol. The number of aliphatic hydroxyl groups excluding tert-OH is 1. The van der Waals surface area contributed by atoms with Crippen LogP contribution in [0.1, 0.15) is 465 Å². The topological polar surface area (TPSA) is 237 Å². The maximum Gasteiger partial charge on any atom is 0.472 e. The van der Waals surface area contributed by atoms with Crippen LogP contribution in [0.3, 0.4) is 0 Å². The molecule has 6 atom stereocenters. The van der Waals surface area contributed by atoms with Gasteiger partial charge in [0.05, 0.1) is 26.4 Å². The normalized spacial score (nSPS) is 14.0. The fourth-order valence-corrected chi connectivity index (χ4v) is 15.0. The van der Waals surface area contributed by atoms with Crippen LogP contribution in [0.2, 0.25) is 0 Å². The maximum absolute atomic E-state index is 13.1. The summed E-state index contributed by atoms with van der Waals surface area (Å²) in [5, 5.41) is 10.7. The van der Waals surface area contributed by atoms with Gasteiger partial charge >= 0.3 is 39.5 Å². The molecule has 0 aromatic heterocycles. The van der Waals surface area contributed by atoms with Gasteiger partial charge in [0.25, 0.3) is 0 Å². The van der Waals surface area contributed by atoms with Gasteiger partial charge in [-0.25, -0.2) is 9.13 Å². The van der Waals surface area contributed by atoms with Crippen molar-refractivity contribution in [1.82, 2.24) is 0 Å². The van der Waals surface area contributed by atoms with Gasteiger partial charge in [0, 0.05) is 25.7 Å². The third kappa shape index (κ3) is 78.5. The Balaban J connectivity index is 5.24. The Morgan fingerprint density at radius 3 is 0.676 bits per heavy atom. The van der Waals surface area contributed by atoms with Crippen LogP contribution >= 0.6 is 15.6 Å². The number of carbonyl (C=O) groups excluding carboxylic acids is 4. The number of rotatable bonds is 86. The monoisotopic (exact) mass is 1540 g/mol. The van der Waals surface area contributed by atoms with Crippen LogP contribution in [0.25, 0.3) is 0 Å². The molecule has 624 valence electrons. The molecule has 0 radical (unpaired) electrons. The first-order chi connectivity index (χ1) is 51.1. The molecule has 0 rings (SSSR count). The first kappa shape index (κ1) is 103. The molecule has 0 heterocycles. The number of phosphoric ester groups is 2. The van der Waals surface area contributed by atoms with Crippen molar-refractivity contribution < 1.29 is 80.2 Å². The molecule has 3 N–H and O–H groups in total. The van der Waals surface area contributed by atoms with Crippen LogP contribution < -0.4 is 0 Å². The van der Waals surface area contributed by atoms with Crippen molar-refractivity contribution in [1.29, 1.82) is 0 Å². The quantitative estimate of drug-likeness (QED) is 0.0222. The highest BCUT2D eigenvalue weighted by Crippen LogP contribution is 2.45. The van der Waals surface area contributed by atoms with Crippen molar-refractivity contribution in [2.75, 3.05) is 39.6 Å². The number of hydrogen-bond donors (Lipinski definition) is 3. The molecule has 0 aromatic rings. The largest absolute Gasteiger partial charge is 0.472 e. The SMILES string of the molecule is CCCCCCCCCCCCCCCCCCCCC(=O)OC[C@H](COP(=O)(O)OC[C@@H](O)COP(=O)(O)OC[C@@H](COC(=O)CCCCCCCCCCCCC)OC(=O)CCCCCCCCCCCCCCCCCCCC)OC(=O)CCCCCCCCCCCCCCCCC(C)CC. The van der Waals surface area contributed by atoms with Crippen molar-refractivity contribution in [2.24, 2.45) is 5.92 Å². The van der Waals surface area contributed by atoms with E-state index in [2.05, 4.69) is 34.6 Å². The Kier molecular flexibility index (Phi) is 77.3. The highest BCUT2D eigenvalue weighted by atomic mass is 31.2. The van der Waals surface area contributed by atoms with E-state index in [9.17, 15) is 43.2 Å². The second-order valence-electron chi connectivity index (χ2n) is 31.2. The summed E-state index contributed by atoms with van der Waals surface area (Å²) in [7, 11) is -9.93. The molecule has 0 saturated carbocycles. The van der Waals surface area contributed by atoms with Crippen molar-refractivity contribution in [3.05, 3.63) is 0 Å². The molecule has 0 aliphatic rings. The van der Waals surface area contributed by atoms with Gasteiger partial charge in [-0.05, 0) is 31.6 Å². The number of hydrogen-bond acceptors (Lipinski definition) is 15. The molecule has 0 spiro atoms. The lowest BCUT2D eigenvalue weighted by atomic mass is 9.99. The second-order valence-corrected chi connectivity index (χ2v) is 34.1. The smallest absolute Gasteiger partial charge is 0.462 e. The number of unbranched alkanes of at least 4 members (excludes halogenated alkanes) is 57. The first-order valence-electron chi connectivity index (χ1n) is 44.7. The number of carbonyl (C=O) groups is 4. The minimum Gasteiger partial charge on any atom is -0.462 e. The molecule has 0 aliphatic heterocycles. The third-order valence-corrected chi connectivity index (χ3v) is 22.5. The lowest BCUT2D eigenvalue weighted by Gasteiger charge is -2.21. The highest BCUT2D eigenvalue weighted by Gasteiger charge is 2.30. The van der Waals surface area contributed by atoms with Crippen molar-refractivity contribution in [3.63, 3.8) is 0 Å². The number of aliphatic hydroxyl groups is 1. The molecule has 0 amide bonds. The summed E-state index contributed by atoms with van der Waals surface area (Å²) in [6, 6.07) is 0. The van der Waals surface area contributed by atoms with E-state index in [1.165, 1.54) is 289 Å². The summed E-state index contributed by atoms with van der Waals surface area (Å²) in [5.74, 6) is -1.25. The van der Waals surface area contributed by atoms with E-state index in [4.69, 9.17) is 37.0 Å². The van der Waals surface area contributed by atoms with Gasteiger partial charge in [-0.3, -0.25) is 37.3 Å². The Morgan fingerprint density at radius 1 is 0.267 bits per heavy atom. The van der Waals surface area contributed by atoms with Gasteiger partial charge in [0.1, 0.15) is 19.3 Å². The Hall–Kier alpha value is -1.94. The van der Waals surface area contributed by atoms with Crippen LogP contribution in [0.4, 0.5) is 0 Å². The van der Waals surface area contributed by atoms with Crippen LogP contribution in [0, 0.1) is 5.92 Å². The highest BCUT2D eigenvalue weighted by molar-refractivity contribution is 7.47. The first-order valence-corrected chi connectivity index (χ1v) is 47.7. The van der Waals surface area contributed by atoms with Gasteiger partial charge in [0.2, 0.25) is 0 Å². The average Bonchev–Trinajstić information content (AvgIpc) is 1.10. The van der Waals surface area contributed by atoms with Crippen LogP contribution in [-0.4, -0.2) is 96.7 Å². The molecule has 0 fully saturated rings. The van der Waals surface area contributed by atoms with Crippen molar-refractivity contribution in [3.8, 4) is 0 Å². The molecule has 0 bridgehead atoms. The summed E-state index contributed by atoms with van der Waals surface area (Å²) in [4.78, 5) is 73.2. The standard InChI is InChI=1S/C86H168O17P2/c1-6-10-13-16-19-22-25-27-29-31-33-35-40-45-50-55-60-65-70-84(89)97-76-82(103-86(91)72-67-62-57-52-47-42-38-37-39-44-48-53-58-63-68-79(5)9-4)78-101-105(94,95)99-74-80(87)73-98-104(92,93)100-77-81(75-96-83(88)69-64-59-54-49-43-24-21-18-15-12-8-3)102-85(90)71-66-61-56-51-46-41-36-34-32-30-28-26-23-20-17-14-11-7-2/h79-82,87H,6-78H2,1-5H3,(H,92,93)(H,94,95)/t79?,80-,81+,82+/m0/s1. The van der Waals surface area contributed by atoms with Crippen LogP contribution in [-0.2, 0) is 65.4 Å². The summed E-state index contributed by atoms with van der Waals surface area (Å²) < 4.78 is 68.9. The molecule has 0 saturated heterocycles. The minimum atomic E-state index is -4.97. The molecule has 105 heavy (non-hydrogen) atoms. The summed E-state index contributed by atoms with van der Waals surface area (Å²) >= 11 is 0. The second kappa shape index (κ2) is 78.7. The van der Waals surface area contributed by atoms with Gasteiger partial charge in [-0.2, -0.15) is 0 Å². The number of phosphoric acid groups is 2. The van der Waals surface area contributed by atoms with Crippen LogP contribution in [0.5, 0.6) is 0 Å². The van der Waals surface area contributed by atoms with E-state index in [0.29, 0.717) is 25.7 Å². The van der Waals surface area contributed by atoms with Crippen molar-refractivity contribution >= 4 is 39.5 Å². The molecule has 0 aliphatic carbocycles.